The van der Waals surface area contributed by atoms with Crippen LogP contribution in [0.1, 0.15) is 85.0 Å². The average molecular weight is 258 g/mol. The van der Waals surface area contributed by atoms with Gasteiger partial charge in [-0.3, -0.25) is 0 Å². The van der Waals surface area contributed by atoms with E-state index in [2.05, 4.69) is 20.8 Å². The highest BCUT2D eigenvalue weighted by Crippen LogP contribution is 2.38. The maximum atomic E-state index is 2.35. The Morgan fingerprint density at radius 1 is 0.471 bits per heavy atom. The number of hydrogen-bond donors (Lipinski definition) is 0. The maximum absolute atomic E-state index is 2.35. The van der Waals surface area contributed by atoms with Gasteiger partial charge in [0.25, 0.3) is 0 Å². The van der Waals surface area contributed by atoms with E-state index < -0.39 is 0 Å². The molecule has 0 amide bonds. The summed E-state index contributed by atoms with van der Waals surface area (Å²) in [5, 5.41) is 0. The normalized spacial score (nSPS) is 12.9. The summed E-state index contributed by atoms with van der Waals surface area (Å²) >= 11 is 0. The molecule has 104 valence electrons. The summed E-state index contributed by atoms with van der Waals surface area (Å²) in [4.78, 5) is 0. The van der Waals surface area contributed by atoms with Crippen LogP contribution in [0.5, 0.6) is 0 Å². The van der Waals surface area contributed by atoms with Crippen LogP contribution in [0.2, 0.25) is 0 Å². The summed E-state index contributed by atoms with van der Waals surface area (Å²) in [5.41, 5.74) is 0. The van der Waals surface area contributed by atoms with Crippen LogP contribution in [-0.2, 0) is 0 Å². The van der Waals surface area contributed by atoms with Gasteiger partial charge in [-0.25, -0.2) is 0 Å². The van der Waals surface area contributed by atoms with Gasteiger partial charge in [-0.15, -0.1) is 7.92 Å². The molecule has 0 saturated heterocycles. The van der Waals surface area contributed by atoms with Crippen molar-refractivity contribution in [3.8, 4) is 0 Å². The maximum Gasteiger partial charge on any atom is -0.0326 e. The summed E-state index contributed by atoms with van der Waals surface area (Å²) in [7, 11) is 0.406. The molecule has 0 aromatic heterocycles. The second-order valence-corrected chi connectivity index (χ2v) is 8.00. The molecule has 0 nitrogen and oxygen atoms in total. The zero-order chi connectivity index (χ0) is 12.8. The van der Waals surface area contributed by atoms with Crippen molar-refractivity contribution in [1.29, 1.82) is 0 Å². The van der Waals surface area contributed by atoms with Gasteiger partial charge in [0.2, 0.25) is 0 Å². The molecule has 0 aliphatic carbocycles. The molecule has 1 atom stereocenters. The fraction of sp³-hybridized carbons (Fsp3) is 1.00. The van der Waals surface area contributed by atoms with Gasteiger partial charge in [0.15, 0.2) is 0 Å². The van der Waals surface area contributed by atoms with Crippen molar-refractivity contribution in [2.45, 2.75) is 85.0 Å². The van der Waals surface area contributed by atoms with Crippen LogP contribution >= 0.6 is 7.92 Å². The van der Waals surface area contributed by atoms with E-state index in [-0.39, 0.29) is 0 Å². The van der Waals surface area contributed by atoms with Crippen molar-refractivity contribution >= 4 is 7.92 Å². The molecule has 0 aromatic carbocycles. The summed E-state index contributed by atoms with van der Waals surface area (Å²) in [6.45, 7) is 6.98. The summed E-state index contributed by atoms with van der Waals surface area (Å²) in [6, 6.07) is 0. The smallest absolute Gasteiger partial charge is 0.0326 e. The molecule has 0 aliphatic heterocycles. The van der Waals surface area contributed by atoms with E-state index in [4.69, 9.17) is 0 Å². The lowest BCUT2D eigenvalue weighted by Crippen LogP contribution is -1.95. The Labute approximate surface area is 112 Å². The van der Waals surface area contributed by atoms with Crippen LogP contribution in [0.4, 0.5) is 0 Å². The highest BCUT2D eigenvalue weighted by Gasteiger charge is 2.05. The molecule has 0 saturated carbocycles. The van der Waals surface area contributed by atoms with Crippen molar-refractivity contribution in [1.82, 2.24) is 0 Å². The van der Waals surface area contributed by atoms with E-state index in [1.807, 2.05) is 0 Å². The van der Waals surface area contributed by atoms with Gasteiger partial charge in [-0.1, -0.05) is 72.1 Å². The molecular formula is C16H35P. The van der Waals surface area contributed by atoms with Crippen LogP contribution in [-0.4, -0.2) is 18.5 Å². The molecule has 17 heavy (non-hydrogen) atoms. The lowest BCUT2D eigenvalue weighted by molar-refractivity contribution is 0.603. The van der Waals surface area contributed by atoms with Gasteiger partial charge in [0, 0.05) is 0 Å². The molecular weight excluding hydrogens is 223 g/mol. The monoisotopic (exact) mass is 258 g/mol. The Kier molecular flexibility index (Phi) is 14.9. The number of hydrogen-bond acceptors (Lipinski definition) is 0. The van der Waals surface area contributed by atoms with Gasteiger partial charge < -0.3 is 0 Å². The first kappa shape index (κ1) is 17.4. The van der Waals surface area contributed by atoms with Crippen LogP contribution in [0, 0.1) is 0 Å². The van der Waals surface area contributed by atoms with Gasteiger partial charge in [-0.05, 0) is 31.3 Å². The van der Waals surface area contributed by atoms with Crippen LogP contribution in [0.15, 0.2) is 0 Å². The molecule has 0 N–H and O–H groups in total. The summed E-state index contributed by atoms with van der Waals surface area (Å²) < 4.78 is 0. The molecule has 1 heteroatoms. The number of unbranched alkanes of at least 4 members (excludes halogenated alkanes) is 7. The quantitative estimate of drug-likeness (QED) is 0.264. The lowest BCUT2D eigenvalue weighted by Gasteiger charge is -2.16. The first-order valence-electron chi connectivity index (χ1n) is 8.07. The minimum atomic E-state index is 0.406. The molecule has 0 rings (SSSR count). The van der Waals surface area contributed by atoms with Gasteiger partial charge in [0.1, 0.15) is 0 Å². The number of rotatable bonds is 13. The van der Waals surface area contributed by atoms with Crippen molar-refractivity contribution in [2.75, 3.05) is 18.5 Å². The Morgan fingerprint density at radius 2 is 1.00 bits per heavy atom. The zero-order valence-electron chi connectivity index (χ0n) is 12.6. The van der Waals surface area contributed by atoms with E-state index >= 15 is 0 Å². The standard InChI is InChI=1S/C16H35P/c1-4-7-9-10-11-12-13-16-17(14-6-3)15-8-5-2/h4-16H2,1-3H3. The fourth-order valence-corrected chi connectivity index (χ4v) is 5.06. The second kappa shape index (κ2) is 14.5. The van der Waals surface area contributed by atoms with E-state index in [0.29, 0.717) is 7.92 Å². The van der Waals surface area contributed by atoms with E-state index in [0.717, 1.165) is 0 Å². The highest BCUT2D eigenvalue weighted by atomic mass is 31.1. The topological polar surface area (TPSA) is 0 Å². The van der Waals surface area contributed by atoms with Gasteiger partial charge in [-0.2, -0.15) is 0 Å². The third-order valence-electron chi connectivity index (χ3n) is 3.45. The van der Waals surface area contributed by atoms with E-state index in [9.17, 15) is 0 Å². The Bertz CT molecular complexity index is 133. The molecule has 0 bridgehead atoms. The first-order chi connectivity index (χ1) is 8.35. The van der Waals surface area contributed by atoms with Gasteiger partial charge >= 0.3 is 0 Å². The van der Waals surface area contributed by atoms with E-state index in [1.54, 1.807) is 12.3 Å². The van der Waals surface area contributed by atoms with E-state index in [1.165, 1.54) is 70.4 Å². The molecule has 0 heterocycles. The fourth-order valence-electron chi connectivity index (χ4n) is 2.33. The predicted molar refractivity (Wildman–Crippen MR) is 84.7 cm³/mol. The van der Waals surface area contributed by atoms with Crippen LogP contribution in [0.25, 0.3) is 0 Å². The molecule has 0 aromatic rings. The SMILES string of the molecule is CCCCCCCCCP(CCC)CCCC. The minimum absolute atomic E-state index is 0.406. The lowest BCUT2D eigenvalue weighted by atomic mass is 10.1. The predicted octanol–water partition coefficient (Wildman–Crippen LogP) is 6.43. The first-order valence-corrected chi connectivity index (χ1v) is 9.97. The van der Waals surface area contributed by atoms with Crippen molar-refractivity contribution in [3.63, 3.8) is 0 Å². The molecule has 0 spiro atoms. The van der Waals surface area contributed by atoms with Crippen molar-refractivity contribution in [2.24, 2.45) is 0 Å². The summed E-state index contributed by atoms with van der Waals surface area (Å²) in [6.07, 6.45) is 19.2. The zero-order valence-corrected chi connectivity index (χ0v) is 13.5. The third kappa shape index (κ3) is 12.7. The van der Waals surface area contributed by atoms with Crippen molar-refractivity contribution in [3.05, 3.63) is 0 Å². The molecule has 1 unspecified atom stereocenters. The van der Waals surface area contributed by atoms with Crippen molar-refractivity contribution < 1.29 is 0 Å². The largest absolute Gasteiger partial charge is 0.107 e. The summed E-state index contributed by atoms with van der Waals surface area (Å²) in [5.74, 6) is 0. The molecule has 0 radical (unpaired) electrons. The van der Waals surface area contributed by atoms with Crippen LogP contribution < -0.4 is 0 Å². The second-order valence-electron chi connectivity index (χ2n) is 5.32. The van der Waals surface area contributed by atoms with Gasteiger partial charge in [0.05, 0.1) is 0 Å². The average Bonchev–Trinajstić information content (AvgIpc) is 2.34. The Hall–Kier alpha value is 0.430. The third-order valence-corrected chi connectivity index (χ3v) is 6.42. The Morgan fingerprint density at radius 3 is 1.59 bits per heavy atom. The van der Waals surface area contributed by atoms with Crippen LogP contribution in [0.3, 0.4) is 0 Å². The Balaban J connectivity index is 3.34. The molecule has 0 fully saturated rings. The highest BCUT2D eigenvalue weighted by molar-refractivity contribution is 7.57. The minimum Gasteiger partial charge on any atom is -0.107 e. The molecule has 0 aliphatic rings.